The van der Waals surface area contributed by atoms with Gasteiger partial charge in [0.2, 0.25) is 0 Å². The monoisotopic (exact) mass is 285 g/mol. The standard InChI is InChI=1S/C16H19N3S/c1-3-10-19-13(8-9-18-19)16(17-2)15-11-12-6-4-5-7-14(12)20-15/h4-9,11,16-17H,3,10H2,1-2H3. The molecule has 0 saturated heterocycles. The highest BCUT2D eigenvalue weighted by Crippen LogP contribution is 2.32. The van der Waals surface area contributed by atoms with Crippen LogP contribution in [-0.2, 0) is 6.54 Å². The van der Waals surface area contributed by atoms with E-state index in [1.165, 1.54) is 20.7 Å². The molecule has 3 aromatic rings. The molecule has 20 heavy (non-hydrogen) atoms. The fourth-order valence-electron chi connectivity index (χ4n) is 2.57. The van der Waals surface area contributed by atoms with Gasteiger partial charge in [0.25, 0.3) is 0 Å². The van der Waals surface area contributed by atoms with E-state index in [4.69, 9.17) is 0 Å². The van der Waals surface area contributed by atoms with Gasteiger partial charge in [0.15, 0.2) is 0 Å². The molecule has 0 bridgehead atoms. The number of nitrogens with zero attached hydrogens (tertiary/aromatic N) is 2. The normalized spacial score (nSPS) is 12.9. The summed E-state index contributed by atoms with van der Waals surface area (Å²) in [4.78, 5) is 1.34. The Morgan fingerprint density at radius 1 is 1.30 bits per heavy atom. The van der Waals surface area contributed by atoms with Gasteiger partial charge in [-0.25, -0.2) is 0 Å². The second kappa shape index (κ2) is 5.77. The summed E-state index contributed by atoms with van der Waals surface area (Å²) in [5.41, 5.74) is 1.24. The molecule has 0 aliphatic rings. The van der Waals surface area contributed by atoms with Crippen molar-refractivity contribution in [2.24, 2.45) is 0 Å². The minimum Gasteiger partial charge on any atom is -0.307 e. The van der Waals surface area contributed by atoms with Crippen LogP contribution in [0.1, 0.15) is 30.0 Å². The Balaban J connectivity index is 2.02. The molecule has 1 unspecified atom stereocenters. The molecule has 0 saturated carbocycles. The molecule has 0 fully saturated rings. The van der Waals surface area contributed by atoms with Gasteiger partial charge in [-0.3, -0.25) is 4.68 Å². The van der Waals surface area contributed by atoms with Crippen LogP contribution in [0.2, 0.25) is 0 Å². The summed E-state index contributed by atoms with van der Waals surface area (Å²) in [5.74, 6) is 0. The van der Waals surface area contributed by atoms with Crippen molar-refractivity contribution in [1.29, 1.82) is 0 Å². The predicted molar refractivity (Wildman–Crippen MR) is 85.2 cm³/mol. The minimum atomic E-state index is 0.210. The number of aryl methyl sites for hydroxylation is 1. The average Bonchev–Trinajstić information content (AvgIpc) is 3.07. The number of rotatable bonds is 5. The third kappa shape index (κ3) is 2.37. The van der Waals surface area contributed by atoms with E-state index in [0.29, 0.717) is 0 Å². The van der Waals surface area contributed by atoms with E-state index in [0.717, 1.165) is 13.0 Å². The molecule has 2 heterocycles. The first-order valence-corrected chi connectivity index (χ1v) is 7.82. The Labute approximate surface area is 123 Å². The molecule has 104 valence electrons. The highest BCUT2D eigenvalue weighted by atomic mass is 32.1. The highest BCUT2D eigenvalue weighted by molar-refractivity contribution is 7.19. The summed E-state index contributed by atoms with van der Waals surface area (Å²) in [6, 6.07) is 13.1. The van der Waals surface area contributed by atoms with Crippen molar-refractivity contribution in [3.05, 3.63) is 53.2 Å². The van der Waals surface area contributed by atoms with Crippen LogP contribution < -0.4 is 5.32 Å². The Kier molecular flexibility index (Phi) is 3.85. The van der Waals surface area contributed by atoms with Gasteiger partial charge in [-0.15, -0.1) is 11.3 Å². The topological polar surface area (TPSA) is 29.9 Å². The summed E-state index contributed by atoms with van der Waals surface area (Å²) >= 11 is 1.85. The Bertz CT molecular complexity index is 665. The lowest BCUT2D eigenvalue weighted by atomic mass is 10.1. The number of thiophene rings is 1. The van der Waals surface area contributed by atoms with Crippen molar-refractivity contribution >= 4 is 21.4 Å². The molecule has 0 amide bonds. The highest BCUT2D eigenvalue weighted by Gasteiger charge is 2.18. The molecule has 0 radical (unpaired) electrons. The van der Waals surface area contributed by atoms with Gasteiger partial charge in [0.1, 0.15) is 0 Å². The fourth-order valence-corrected chi connectivity index (χ4v) is 3.76. The first-order chi connectivity index (χ1) is 9.83. The van der Waals surface area contributed by atoms with E-state index in [1.54, 1.807) is 0 Å². The van der Waals surface area contributed by atoms with Crippen LogP contribution in [0.5, 0.6) is 0 Å². The third-order valence-electron chi connectivity index (χ3n) is 3.50. The van der Waals surface area contributed by atoms with Crippen LogP contribution >= 0.6 is 11.3 Å². The van der Waals surface area contributed by atoms with E-state index in [9.17, 15) is 0 Å². The van der Waals surface area contributed by atoms with Gasteiger partial charge in [-0.2, -0.15) is 5.10 Å². The SMILES string of the molecule is CCCn1nccc1C(NC)c1cc2ccccc2s1. The lowest BCUT2D eigenvalue weighted by Gasteiger charge is -2.16. The first-order valence-electron chi connectivity index (χ1n) is 7.01. The molecule has 0 spiro atoms. The zero-order valence-corrected chi connectivity index (χ0v) is 12.7. The lowest BCUT2D eigenvalue weighted by molar-refractivity contribution is 0.538. The van der Waals surface area contributed by atoms with E-state index in [2.05, 4.69) is 58.4 Å². The van der Waals surface area contributed by atoms with Gasteiger partial charge in [-0.05, 0) is 37.1 Å². The van der Waals surface area contributed by atoms with E-state index in [-0.39, 0.29) is 6.04 Å². The van der Waals surface area contributed by atoms with Crippen LogP contribution in [0.15, 0.2) is 42.6 Å². The van der Waals surface area contributed by atoms with Crippen LogP contribution in [0.4, 0.5) is 0 Å². The molecule has 3 rings (SSSR count). The maximum Gasteiger partial charge on any atom is 0.0839 e. The molecule has 2 aromatic heterocycles. The van der Waals surface area contributed by atoms with Gasteiger partial charge in [0.05, 0.1) is 11.7 Å². The molecule has 4 heteroatoms. The van der Waals surface area contributed by atoms with Crippen LogP contribution in [-0.4, -0.2) is 16.8 Å². The fraction of sp³-hybridized carbons (Fsp3) is 0.312. The lowest BCUT2D eigenvalue weighted by Crippen LogP contribution is -2.20. The van der Waals surface area contributed by atoms with Gasteiger partial charge in [0, 0.05) is 22.3 Å². The summed E-state index contributed by atoms with van der Waals surface area (Å²) in [6.07, 6.45) is 2.99. The molecule has 1 aromatic carbocycles. The predicted octanol–water partition coefficient (Wildman–Crippen LogP) is 3.82. The molecule has 1 N–H and O–H groups in total. The summed E-state index contributed by atoms with van der Waals surface area (Å²) in [5, 5.41) is 9.18. The molecular formula is C16H19N3S. The summed E-state index contributed by atoms with van der Waals surface area (Å²) in [6.45, 7) is 3.14. The maximum atomic E-state index is 4.44. The Morgan fingerprint density at radius 3 is 2.90 bits per heavy atom. The Hall–Kier alpha value is -1.65. The van der Waals surface area contributed by atoms with Crippen LogP contribution in [0.25, 0.3) is 10.1 Å². The van der Waals surface area contributed by atoms with Crippen molar-refractivity contribution in [2.75, 3.05) is 7.05 Å². The zero-order valence-electron chi connectivity index (χ0n) is 11.8. The number of nitrogens with one attached hydrogen (secondary N) is 1. The number of hydrogen-bond acceptors (Lipinski definition) is 3. The average molecular weight is 285 g/mol. The number of benzene rings is 1. The van der Waals surface area contributed by atoms with E-state index >= 15 is 0 Å². The molecular weight excluding hydrogens is 266 g/mol. The summed E-state index contributed by atoms with van der Waals surface area (Å²) < 4.78 is 3.44. The quantitative estimate of drug-likeness (QED) is 0.772. The smallest absolute Gasteiger partial charge is 0.0839 e. The number of hydrogen-bond donors (Lipinski definition) is 1. The van der Waals surface area contributed by atoms with Crippen LogP contribution in [0, 0.1) is 0 Å². The summed E-state index contributed by atoms with van der Waals surface area (Å²) in [7, 11) is 2.01. The maximum absolute atomic E-state index is 4.44. The van der Waals surface area contributed by atoms with Crippen molar-refractivity contribution in [3.8, 4) is 0 Å². The van der Waals surface area contributed by atoms with Crippen molar-refractivity contribution < 1.29 is 0 Å². The van der Waals surface area contributed by atoms with Crippen molar-refractivity contribution in [3.63, 3.8) is 0 Å². The molecule has 0 aliphatic carbocycles. The van der Waals surface area contributed by atoms with Crippen molar-refractivity contribution in [2.45, 2.75) is 25.9 Å². The second-order valence-electron chi connectivity index (χ2n) is 4.89. The molecule has 3 nitrogen and oxygen atoms in total. The van der Waals surface area contributed by atoms with Crippen LogP contribution in [0.3, 0.4) is 0 Å². The Morgan fingerprint density at radius 2 is 2.15 bits per heavy atom. The minimum absolute atomic E-state index is 0.210. The van der Waals surface area contributed by atoms with Crippen molar-refractivity contribution in [1.82, 2.24) is 15.1 Å². The first kappa shape index (κ1) is 13.3. The van der Waals surface area contributed by atoms with Gasteiger partial charge < -0.3 is 5.32 Å². The zero-order chi connectivity index (χ0) is 13.9. The third-order valence-corrected chi connectivity index (χ3v) is 4.68. The van der Waals surface area contributed by atoms with Gasteiger partial charge >= 0.3 is 0 Å². The van der Waals surface area contributed by atoms with E-state index < -0.39 is 0 Å². The van der Waals surface area contributed by atoms with Gasteiger partial charge in [-0.1, -0.05) is 25.1 Å². The molecule has 0 aliphatic heterocycles. The van der Waals surface area contributed by atoms with E-state index in [1.807, 2.05) is 24.6 Å². The largest absolute Gasteiger partial charge is 0.307 e. The second-order valence-corrected chi connectivity index (χ2v) is 6.00. The number of aromatic nitrogens is 2. The molecule has 1 atom stereocenters. The number of fused-ring (bicyclic) bond motifs is 1.